The minimum Gasteiger partial charge on any atom is -0.369 e. The number of piperazine rings is 1. The smallest absolute Gasteiger partial charge is 0.258 e. The lowest BCUT2D eigenvalue weighted by Crippen LogP contribution is -2.44. The predicted octanol–water partition coefficient (Wildman–Crippen LogP) is 1.72. The van der Waals surface area contributed by atoms with Crippen molar-refractivity contribution in [3.63, 3.8) is 0 Å². The maximum absolute atomic E-state index is 13.8. The molecule has 2 amide bonds. The number of H-pyrrole nitrogens is 1. The number of aromatic amines is 1. The third-order valence-corrected chi connectivity index (χ3v) is 9.21. The molecule has 0 unspecified atom stereocenters. The fourth-order valence-electron chi connectivity index (χ4n) is 4.92. The molecule has 42 heavy (non-hydrogen) atoms. The van der Waals surface area contributed by atoms with E-state index in [2.05, 4.69) is 30.6 Å². The van der Waals surface area contributed by atoms with Crippen LogP contribution >= 0.6 is 0 Å². The number of anilines is 3. The van der Waals surface area contributed by atoms with Gasteiger partial charge in [-0.25, -0.2) is 17.2 Å². The van der Waals surface area contributed by atoms with Crippen LogP contribution < -0.4 is 21.3 Å². The number of amides is 2. The van der Waals surface area contributed by atoms with Crippen molar-refractivity contribution in [1.29, 1.82) is 0 Å². The molecule has 1 saturated heterocycles. The van der Waals surface area contributed by atoms with Crippen LogP contribution in [0.2, 0.25) is 0 Å². The van der Waals surface area contributed by atoms with Crippen LogP contribution in [0.4, 0.5) is 26.0 Å². The average molecular weight is 603 g/mol. The van der Waals surface area contributed by atoms with E-state index in [-0.39, 0.29) is 36.6 Å². The van der Waals surface area contributed by atoms with E-state index in [1.54, 1.807) is 18.2 Å². The highest BCUT2D eigenvalue weighted by Crippen LogP contribution is 2.30. The lowest BCUT2D eigenvalue weighted by Gasteiger charge is -2.34. The van der Waals surface area contributed by atoms with Gasteiger partial charge < -0.3 is 26.2 Å². The normalized spacial score (nSPS) is 17.0. The highest BCUT2D eigenvalue weighted by Gasteiger charge is 2.32. The Kier molecular flexibility index (Phi) is 8.28. The van der Waals surface area contributed by atoms with Crippen molar-refractivity contribution in [3.8, 4) is 0 Å². The Morgan fingerprint density at radius 2 is 1.71 bits per heavy atom. The molecule has 5 rings (SSSR count). The maximum atomic E-state index is 13.8. The van der Waals surface area contributed by atoms with Gasteiger partial charge in [0.15, 0.2) is 5.82 Å². The summed E-state index contributed by atoms with van der Waals surface area (Å²) in [6.45, 7) is 4.70. The molecular weight excluding hydrogens is 570 g/mol. The molecule has 3 aromatic rings. The number of benzene rings is 2. The van der Waals surface area contributed by atoms with Gasteiger partial charge in [-0.2, -0.15) is 9.40 Å². The molecule has 224 valence electrons. The monoisotopic (exact) mass is 602 g/mol. The molecule has 2 aliphatic heterocycles. The van der Waals surface area contributed by atoms with Crippen LogP contribution in [0.25, 0.3) is 0 Å². The summed E-state index contributed by atoms with van der Waals surface area (Å²) in [5.41, 5.74) is 8.08. The number of sulfonamides is 1. The first-order chi connectivity index (χ1) is 19.9. The van der Waals surface area contributed by atoms with Gasteiger partial charge in [-0.1, -0.05) is 0 Å². The van der Waals surface area contributed by atoms with E-state index >= 15 is 0 Å². The summed E-state index contributed by atoms with van der Waals surface area (Å²) < 4.78 is 55.0. The fraction of sp³-hybridized carbons (Fsp3) is 0.370. The molecule has 0 saturated carbocycles. The third-order valence-electron chi connectivity index (χ3n) is 7.39. The number of hydrogen-bond acceptors (Lipinski definition) is 8. The summed E-state index contributed by atoms with van der Waals surface area (Å²) in [6, 6.07) is 6.44. The van der Waals surface area contributed by atoms with Gasteiger partial charge in [0.25, 0.3) is 5.91 Å². The number of hydrogen-bond donors (Lipinski definition) is 4. The molecular formula is C27H32F2N8O4S. The van der Waals surface area contributed by atoms with Crippen molar-refractivity contribution in [2.45, 2.75) is 30.8 Å². The summed E-state index contributed by atoms with van der Waals surface area (Å²) in [4.78, 5) is 29.9. The molecule has 0 bridgehead atoms. The van der Waals surface area contributed by atoms with Crippen molar-refractivity contribution < 1.29 is 26.8 Å². The summed E-state index contributed by atoms with van der Waals surface area (Å²) >= 11 is 0. The Morgan fingerprint density at radius 3 is 2.38 bits per heavy atom. The first-order valence-electron chi connectivity index (χ1n) is 13.4. The highest BCUT2D eigenvalue weighted by molar-refractivity contribution is 7.89. The van der Waals surface area contributed by atoms with E-state index < -0.39 is 44.4 Å². The molecule has 3 heterocycles. The van der Waals surface area contributed by atoms with E-state index in [1.807, 2.05) is 7.05 Å². The van der Waals surface area contributed by atoms with Crippen molar-refractivity contribution >= 4 is 39.0 Å². The molecule has 1 fully saturated rings. The minimum atomic E-state index is -4.24. The van der Waals surface area contributed by atoms with E-state index in [4.69, 9.17) is 5.73 Å². The van der Waals surface area contributed by atoms with E-state index in [0.717, 1.165) is 48.3 Å². The second-order valence-electron chi connectivity index (χ2n) is 10.5. The summed E-state index contributed by atoms with van der Waals surface area (Å²) in [6.07, 6.45) is 0.241. The number of carbonyl (C=O) groups excluding carboxylic acids is 2. The van der Waals surface area contributed by atoms with Crippen LogP contribution in [0.3, 0.4) is 0 Å². The van der Waals surface area contributed by atoms with Crippen LogP contribution in [0.15, 0.2) is 41.3 Å². The summed E-state index contributed by atoms with van der Waals surface area (Å²) in [5, 5.41) is 12.5. The van der Waals surface area contributed by atoms with Crippen molar-refractivity contribution in [2.75, 3.05) is 55.3 Å². The topological polar surface area (TPSA) is 157 Å². The third kappa shape index (κ3) is 6.13. The van der Waals surface area contributed by atoms with Gasteiger partial charge in [-0.05, 0) is 44.3 Å². The molecule has 5 N–H and O–H groups in total. The van der Waals surface area contributed by atoms with Gasteiger partial charge in [0.1, 0.15) is 11.6 Å². The first kappa shape index (κ1) is 29.6. The Hall–Kier alpha value is -3.92. The number of halogens is 2. The fourth-order valence-corrected chi connectivity index (χ4v) is 6.37. The number of fused-ring (bicyclic) bond motifs is 1. The Balaban J connectivity index is 1.39. The average Bonchev–Trinajstić information content (AvgIpc) is 3.34. The predicted molar refractivity (Wildman–Crippen MR) is 153 cm³/mol. The van der Waals surface area contributed by atoms with Gasteiger partial charge >= 0.3 is 0 Å². The van der Waals surface area contributed by atoms with Gasteiger partial charge in [0, 0.05) is 68.7 Å². The SMILES string of the molecule is C[C@H](N)C(=O)Nc1cc(N2CCN(C)CC2)ccc1C(=O)Nc1n[nH]c2c1CN(S(=O)(=O)c1cc(F)cc(F)c1)CC2. The van der Waals surface area contributed by atoms with Crippen molar-refractivity contribution in [1.82, 2.24) is 19.4 Å². The Labute approximate surface area is 241 Å². The largest absolute Gasteiger partial charge is 0.369 e. The zero-order chi connectivity index (χ0) is 30.2. The molecule has 2 aliphatic rings. The molecule has 1 atom stereocenters. The highest BCUT2D eigenvalue weighted by atomic mass is 32.2. The molecule has 0 spiro atoms. The van der Waals surface area contributed by atoms with Crippen molar-refractivity contribution in [3.05, 3.63) is 64.9 Å². The van der Waals surface area contributed by atoms with Gasteiger partial charge in [0.05, 0.1) is 22.2 Å². The van der Waals surface area contributed by atoms with E-state index in [1.165, 1.54) is 6.92 Å². The molecule has 0 aliphatic carbocycles. The molecule has 1 aromatic heterocycles. The summed E-state index contributed by atoms with van der Waals surface area (Å²) in [5.74, 6) is -2.96. The molecule has 0 radical (unpaired) electrons. The second kappa shape index (κ2) is 11.8. The van der Waals surface area contributed by atoms with E-state index in [0.29, 0.717) is 17.3 Å². The lowest BCUT2D eigenvalue weighted by molar-refractivity contribution is -0.117. The Morgan fingerprint density at radius 1 is 1.02 bits per heavy atom. The van der Waals surface area contributed by atoms with Crippen LogP contribution in [0.5, 0.6) is 0 Å². The van der Waals surface area contributed by atoms with Crippen LogP contribution in [-0.4, -0.2) is 85.4 Å². The number of nitrogens with zero attached hydrogens (tertiary/aromatic N) is 4. The standard InChI is InChI=1S/C27H32F2N8O4S/c1-16(30)26(38)31-24-14-19(36-9-7-35(2)8-10-36)3-4-21(24)27(39)32-25-22-15-37(6-5-23(22)33-34-25)42(40,41)20-12-17(28)11-18(29)13-20/h3-4,11-14,16H,5-10,15,30H2,1-2H3,(H,31,38)(H2,32,33,34,39)/t16-/m0/s1. The number of carbonyl (C=O) groups is 2. The lowest BCUT2D eigenvalue weighted by atomic mass is 10.1. The maximum Gasteiger partial charge on any atom is 0.258 e. The van der Waals surface area contributed by atoms with Crippen molar-refractivity contribution in [2.24, 2.45) is 5.73 Å². The molecule has 15 heteroatoms. The zero-order valence-electron chi connectivity index (χ0n) is 23.2. The number of nitrogens with two attached hydrogens (primary N) is 1. The molecule has 12 nitrogen and oxygen atoms in total. The second-order valence-corrected chi connectivity index (χ2v) is 12.4. The Bertz CT molecular complexity index is 1600. The number of nitrogens with one attached hydrogen (secondary N) is 3. The number of aromatic nitrogens is 2. The minimum absolute atomic E-state index is 0.0459. The number of likely N-dealkylation sites (N-methyl/N-ethyl adjacent to an activating group) is 1. The number of rotatable bonds is 7. The van der Waals surface area contributed by atoms with Gasteiger partial charge in [-0.15, -0.1) is 0 Å². The van der Waals surface area contributed by atoms with Gasteiger partial charge in [0.2, 0.25) is 15.9 Å². The summed E-state index contributed by atoms with van der Waals surface area (Å²) in [7, 11) is -2.20. The zero-order valence-corrected chi connectivity index (χ0v) is 24.0. The van der Waals surface area contributed by atoms with Crippen LogP contribution in [0, 0.1) is 11.6 Å². The van der Waals surface area contributed by atoms with Crippen LogP contribution in [0.1, 0.15) is 28.5 Å². The van der Waals surface area contributed by atoms with E-state index in [9.17, 15) is 26.8 Å². The van der Waals surface area contributed by atoms with Gasteiger partial charge in [-0.3, -0.25) is 14.7 Å². The quantitative estimate of drug-likeness (QED) is 0.319. The van der Waals surface area contributed by atoms with Crippen LogP contribution in [-0.2, 0) is 27.8 Å². The molecule has 2 aromatic carbocycles. The first-order valence-corrected chi connectivity index (χ1v) is 14.8.